The van der Waals surface area contributed by atoms with Crippen molar-refractivity contribution in [2.75, 3.05) is 0 Å². The molecule has 0 bridgehead atoms. The van der Waals surface area contributed by atoms with Gasteiger partial charge in [0.25, 0.3) is 0 Å². The SMILES string of the molecule is CC(C)c1csc2c1CCCC2. The number of hydrogen-bond acceptors (Lipinski definition) is 1. The van der Waals surface area contributed by atoms with E-state index in [1.165, 1.54) is 25.7 Å². The maximum absolute atomic E-state index is 2.38. The summed E-state index contributed by atoms with van der Waals surface area (Å²) < 4.78 is 0. The van der Waals surface area contributed by atoms with Crippen molar-refractivity contribution in [1.29, 1.82) is 0 Å². The topological polar surface area (TPSA) is 0 Å². The summed E-state index contributed by atoms with van der Waals surface area (Å²) in [5.41, 5.74) is 3.32. The molecule has 0 saturated heterocycles. The van der Waals surface area contributed by atoms with Crippen LogP contribution in [0.5, 0.6) is 0 Å². The van der Waals surface area contributed by atoms with E-state index in [0.29, 0.717) is 0 Å². The van der Waals surface area contributed by atoms with Crippen molar-refractivity contribution < 1.29 is 0 Å². The molecule has 0 aromatic carbocycles. The monoisotopic (exact) mass is 180 g/mol. The molecule has 1 heteroatoms. The first-order valence-electron chi connectivity index (χ1n) is 4.88. The second kappa shape index (κ2) is 3.21. The summed E-state index contributed by atoms with van der Waals surface area (Å²) in [5.74, 6) is 0.725. The van der Waals surface area contributed by atoms with E-state index in [1.54, 1.807) is 16.0 Å². The molecular formula is C11H16S. The van der Waals surface area contributed by atoms with Crippen LogP contribution in [-0.2, 0) is 12.8 Å². The Kier molecular flexibility index (Phi) is 2.22. The summed E-state index contributed by atoms with van der Waals surface area (Å²) >= 11 is 1.98. The van der Waals surface area contributed by atoms with Crippen molar-refractivity contribution in [2.24, 2.45) is 0 Å². The van der Waals surface area contributed by atoms with Gasteiger partial charge in [-0.05, 0) is 48.1 Å². The Morgan fingerprint density at radius 3 is 2.75 bits per heavy atom. The zero-order chi connectivity index (χ0) is 8.55. The van der Waals surface area contributed by atoms with Crippen LogP contribution in [0.3, 0.4) is 0 Å². The normalized spacial score (nSPS) is 16.6. The molecule has 12 heavy (non-hydrogen) atoms. The Hall–Kier alpha value is -0.300. The molecule has 1 aromatic heterocycles. The van der Waals surface area contributed by atoms with E-state index in [-0.39, 0.29) is 0 Å². The van der Waals surface area contributed by atoms with Gasteiger partial charge in [-0.15, -0.1) is 11.3 Å². The van der Waals surface area contributed by atoms with E-state index in [1.807, 2.05) is 11.3 Å². The summed E-state index contributed by atoms with van der Waals surface area (Å²) in [6, 6.07) is 0. The third-order valence-electron chi connectivity index (χ3n) is 2.72. The molecule has 0 unspecified atom stereocenters. The van der Waals surface area contributed by atoms with Gasteiger partial charge in [0.2, 0.25) is 0 Å². The molecule has 1 aromatic rings. The van der Waals surface area contributed by atoms with Crippen LogP contribution in [-0.4, -0.2) is 0 Å². The quantitative estimate of drug-likeness (QED) is 0.617. The van der Waals surface area contributed by atoms with Crippen molar-refractivity contribution in [1.82, 2.24) is 0 Å². The third-order valence-corrected chi connectivity index (χ3v) is 3.82. The Balaban J connectivity index is 2.38. The molecule has 0 atom stereocenters. The average molecular weight is 180 g/mol. The first kappa shape index (κ1) is 8.31. The van der Waals surface area contributed by atoms with E-state index in [9.17, 15) is 0 Å². The molecule has 0 nitrogen and oxygen atoms in total. The van der Waals surface area contributed by atoms with Crippen LogP contribution < -0.4 is 0 Å². The molecule has 0 spiro atoms. The number of thiophene rings is 1. The van der Waals surface area contributed by atoms with Crippen LogP contribution >= 0.6 is 11.3 Å². The Bertz CT molecular complexity index is 271. The average Bonchev–Trinajstić information content (AvgIpc) is 2.47. The van der Waals surface area contributed by atoms with Crippen molar-refractivity contribution in [3.63, 3.8) is 0 Å². The van der Waals surface area contributed by atoms with Crippen LogP contribution in [0, 0.1) is 0 Å². The zero-order valence-corrected chi connectivity index (χ0v) is 8.71. The number of hydrogen-bond donors (Lipinski definition) is 0. The highest BCUT2D eigenvalue weighted by molar-refractivity contribution is 7.10. The molecule has 0 N–H and O–H groups in total. The summed E-state index contributed by atoms with van der Waals surface area (Å²) in [7, 11) is 0. The summed E-state index contributed by atoms with van der Waals surface area (Å²) in [5, 5.41) is 2.38. The first-order valence-corrected chi connectivity index (χ1v) is 5.76. The lowest BCUT2D eigenvalue weighted by atomic mass is 9.91. The van der Waals surface area contributed by atoms with Crippen LogP contribution in [0.2, 0.25) is 0 Å². The fourth-order valence-corrected chi connectivity index (χ4v) is 3.31. The molecule has 0 radical (unpaired) electrons. The molecule has 0 aliphatic heterocycles. The lowest BCUT2D eigenvalue weighted by Gasteiger charge is -2.14. The van der Waals surface area contributed by atoms with E-state index in [4.69, 9.17) is 0 Å². The van der Waals surface area contributed by atoms with Crippen LogP contribution in [0.25, 0.3) is 0 Å². The van der Waals surface area contributed by atoms with Gasteiger partial charge in [0, 0.05) is 4.88 Å². The molecule has 1 aliphatic carbocycles. The lowest BCUT2D eigenvalue weighted by molar-refractivity contribution is 0.684. The minimum Gasteiger partial charge on any atom is -0.148 e. The molecule has 0 fully saturated rings. The predicted molar refractivity (Wildman–Crippen MR) is 55.1 cm³/mol. The van der Waals surface area contributed by atoms with Crippen molar-refractivity contribution in [3.05, 3.63) is 21.4 Å². The van der Waals surface area contributed by atoms with Gasteiger partial charge in [-0.25, -0.2) is 0 Å². The molecular weight excluding hydrogens is 164 g/mol. The van der Waals surface area contributed by atoms with E-state index in [2.05, 4.69) is 19.2 Å². The van der Waals surface area contributed by atoms with Crippen molar-refractivity contribution in [2.45, 2.75) is 45.4 Å². The summed E-state index contributed by atoms with van der Waals surface area (Å²) in [6.45, 7) is 4.61. The van der Waals surface area contributed by atoms with Gasteiger partial charge in [0.15, 0.2) is 0 Å². The first-order chi connectivity index (χ1) is 5.79. The standard InChI is InChI=1S/C11H16S/c1-8(2)10-7-12-11-6-4-3-5-9(10)11/h7-8H,3-6H2,1-2H3. The van der Waals surface area contributed by atoms with Gasteiger partial charge in [0.1, 0.15) is 0 Å². The van der Waals surface area contributed by atoms with Crippen LogP contribution in [0.15, 0.2) is 5.38 Å². The fourth-order valence-electron chi connectivity index (χ4n) is 2.00. The Morgan fingerprint density at radius 1 is 1.25 bits per heavy atom. The highest BCUT2D eigenvalue weighted by Gasteiger charge is 2.16. The predicted octanol–water partition coefficient (Wildman–Crippen LogP) is 3.75. The molecule has 66 valence electrons. The molecule has 0 amide bonds. The number of rotatable bonds is 1. The smallest absolute Gasteiger partial charge is 0.00801 e. The fraction of sp³-hybridized carbons (Fsp3) is 0.636. The second-order valence-electron chi connectivity index (χ2n) is 3.95. The van der Waals surface area contributed by atoms with Crippen molar-refractivity contribution in [3.8, 4) is 0 Å². The summed E-state index contributed by atoms with van der Waals surface area (Å²) in [4.78, 5) is 1.67. The largest absolute Gasteiger partial charge is 0.148 e. The zero-order valence-electron chi connectivity index (χ0n) is 7.89. The highest BCUT2D eigenvalue weighted by Crippen LogP contribution is 2.33. The van der Waals surface area contributed by atoms with Gasteiger partial charge in [-0.3, -0.25) is 0 Å². The minimum atomic E-state index is 0.725. The maximum Gasteiger partial charge on any atom is 0.00801 e. The third kappa shape index (κ3) is 1.31. The Morgan fingerprint density at radius 2 is 2.00 bits per heavy atom. The minimum absolute atomic E-state index is 0.725. The van der Waals surface area contributed by atoms with Gasteiger partial charge in [0.05, 0.1) is 0 Å². The second-order valence-corrected chi connectivity index (χ2v) is 4.92. The van der Waals surface area contributed by atoms with E-state index < -0.39 is 0 Å². The van der Waals surface area contributed by atoms with Gasteiger partial charge >= 0.3 is 0 Å². The van der Waals surface area contributed by atoms with E-state index in [0.717, 1.165) is 5.92 Å². The Labute approximate surface area is 78.6 Å². The number of fused-ring (bicyclic) bond motifs is 1. The van der Waals surface area contributed by atoms with Crippen LogP contribution in [0.1, 0.15) is 48.6 Å². The molecule has 0 saturated carbocycles. The van der Waals surface area contributed by atoms with Gasteiger partial charge < -0.3 is 0 Å². The maximum atomic E-state index is 2.38. The van der Waals surface area contributed by atoms with Gasteiger partial charge in [-0.1, -0.05) is 13.8 Å². The molecule has 1 heterocycles. The van der Waals surface area contributed by atoms with Crippen LogP contribution in [0.4, 0.5) is 0 Å². The number of aryl methyl sites for hydroxylation is 1. The highest BCUT2D eigenvalue weighted by atomic mass is 32.1. The van der Waals surface area contributed by atoms with Gasteiger partial charge in [-0.2, -0.15) is 0 Å². The lowest BCUT2D eigenvalue weighted by Crippen LogP contribution is -2.01. The molecule has 1 aliphatic rings. The van der Waals surface area contributed by atoms with Crippen molar-refractivity contribution >= 4 is 11.3 Å². The molecule has 2 rings (SSSR count). The van der Waals surface area contributed by atoms with E-state index >= 15 is 0 Å². The summed E-state index contributed by atoms with van der Waals surface area (Å²) in [6.07, 6.45) is 5.49.